The zero-order valence-corrected chi connectivity index (χ0v) is 20.4. The number of rotatable bonds is 7. The van der Waals surface area contributed by atoms with Crippen LogP contribution in [-0.2, 0) is 17.8 Å². The summed E-state index contributed by atoms with van der Waals surface area (Å²) >= 11 is 0. The van der Waals surface area contributed by atoms with Gasteiger partial charge in [0.2, 0.25) is 11.8 Å². The number of fused-ring (bicyclic) bond motifs is 1. The number of amides is 1. The Hall–Kier alpha value is -4.19. The van der Waals surface area contributed by atoms with E-state index < -0.39 is 0 Å². The summed E-state index contributed by atoms with van der Waals surface area (Å²) in [6.07, 6.45) is 4.24. The highest BCUT2D eigenvalue weighted by Gasteiger charge is 2.26. The molecule has 0 fully saturated rings. The van der Waals surface area contributed by atoms with Gasteiger partial charge in [0, 0.05) is 51.4 Å². The number of aryl methyl sites for hydroxylation is 1. The number of hydrogen-bond donors (Lipinski definition) is 1. The highest BCUT2D eigenvalue weighted by Crippen LogP contribution is 2.32. The van der Waals surface area contributed by atoms with Crippen molar-refractivity contribution < 1.29 is 9.53 Å². The molecule has 0 bridgehead atoms. The first-order valence-corrected chi connectivity index (χ1v) is 11.4. The predicted molar refractivity (Wildman–Crippen MR) is 133 cm³/mol. The van der Waals surface area contributed by atoms with Gasteiger partial charge in [-0.1, -0.05) is 12.1 Å². The predicted octanol–water partition coefficient (Wildman–Crippen LogP) is 3.25. The smallest absolute Gasteiger partial charge is 0.224 e. The van der Waals surface area contributed by atoms with Crippen LogP contribution in [0.1, 0.15) is 40.4 Å². The summed E-state index contributed by atoms with van der Waals surface area (Å²) in [4.78, 5) is 29.8. The van der Waals surface area contributed by atoms with Gasteiger partial charge in [0.15, 0.2) is 0 Å². The molecule has 0 saturated heterocycles. The average molecular weight is 472 g/mol. The van der Waals surface area contributed by atoms with Crippen molar-refractivity contribution >= 4 is 17.4 Å². The summed E-state index contributed by atoms with van der Waals surface area (Å²) in [6.45, 7) is 3.30. The first-order chi connectivity index (χ1) is 16.9. The molecule has 1 atom stereocenters. The van der Waals surface area contributed by atoms with Gasteiger partial charge in [-0.05, 0) is 30.2 Å². The standard InChI is InChI=1S/C26H29N7O2/c1-17-5-7-23(19(11-17)13-27)33-10-9-21-20(15-33)26(30-16-29-21)31-22(12-25(34)32(2)3)18-6-8-24(35-4)28-14-18/h5-8,11,14,16,22H,9-10,12,15H2,1-4H3,(H,29,30,31)/t22-/m1/s1. The van der Waals surface area contributed by atoms with Gasteiger partial charge < -0.3 is 19.9 Å². The number of carbonyl (C=O) groups is 1. The molecule has 0 spiro atoms. The number of carbonyl (C=O) groups excluding carboxylic acids is 1. The topological polar surface area (TPSA) is 107 Å². The van der Waals surface area contributed by atoms with Gasteiger partial charge >= 0.3 is 0 Å². The molecule has 4 rings (SSSR count). The first kappa shape index (κ1) is 24.0. The van der Waals surface area contributed by atoms with Crippen LogP contribution >= 0.6 is 0 Å². The van der Waals surface area contributed by atoms with E-state index in [0.717, 1.165) is 41.0 Å². The van der Waals surface area contributed by atoms with E-state index in [9.17, 15) is 10.1 Å². The molecule has 0 unspecified atom stereocenters. The molecule has 2 aromatic heterocycles. The van der Waals surface area contributed by atoms with Gasteiger partial charge in [0.1, 0.15) is 18.2 Å². The number of nitrogens with zero attached hydrogens (tertiary/aromatic N) is 6. The summed E-state index contributed by atoms with van der Waals surface area (Å²) in [6, 6.07) is 11.6. The molecular formula is C26H29N7O2. The minimum Gasteiger partial charge on any atom is -0.481 e. The Morgan fingerprint density at radius 1 is 1.26 bits per heavy atom. The Morgan fingerprint density at radius 2 is 2.09 bits per heavy atom. The number of benzene rings is 1. The molecule has 3 heterocycles. The number of aromatic nitrogens is 3. The monoisotopic (exact) mass is 471 g/mol. The van der Waals surface area contributed by atoms with Crippen molar-refractivity contribution in [2.45, 2.75) is 32.4 Å². The summed E-state index contributed by atoms with van der Waals surface area (Å²) in [5.41, 5.74) is 5.39. The second kappa shape index (κ2) is 10.4. The summed E-state index contributed by atoms with van der Waals surface area (Å²) in [5.74, 6) is 1.17. The Balaban J connectivity index is 1.66. The van der Waals surface area contributed by atoms with Crippen molar-refractivity contribution in [1.82, 2.24) is 19.9 Å². The highest BCUT2D eigenvalue weighted by molar-refractivity contribution is 5.77. The molecule has 35 heavy (non-hydrogen) atoms. The molecule has 180 valence electrons. The van der Waals surface area contributed by atoms with Crippen molar-refractivity contribution in [2.24, 2.45) is 0 Å². The van der Waals surface area contributed by atoms with Gasteiger partial charge in [0.25, 0.3) is 0 Å². The van der Waals surface area contributed by atoms with E-state index in [4.69, 9.17) is 4.74 Å². The highest BCUT2D eigenvalue weighted by atomic mass is 16.5. The molecule has 0 aliphatic carbocycles. The molecule has 1 aliphatic rings. The van der Waals surface area contributed by atoms with Crippen molar-refractivity contribution in [1.29, 1.82) is 5.26 Å². The average Bonchev–Trinajstić information content (AvgIpc) is 2.88. The number of hydrogen-bond acceptors (Lipinski definition) is 8. The van der Waals surface area contributed by atoms with E-state index >= 15 is 0 Å². The second-order valence-corrected chi connectivity index (χ2v) is 8.77. The van der Waals surface area contributed by atoms with E-state index in [1.54, 1.807) is 44.7 Å². The van der Waals surface area contributed by atoms with Crippen LogP contribution in [-0.4, -0.2) is 53.5 Å². The third-order valence-electron chi connectivity index (χ3n) is 6.17. The number of nitriles is 1. The quantitative estimate of drug-likeness (QED) is 0.560. The SMILES string of the molecule is COc1ccc([C@@H](CC(=O)N(C)C)Nc2ncnc3c2CN(c2ccc(C)cc2C#N)CC3)cn1. The molecule has 9 nitrogen and oxygen atoms in total. The lowest BCUT2D eigenvalue weighted by molar-refractivity contribution is -0.128. The lowest BCUT2D eigenvalue weighted by Gasteiger charge is -2.32. The molecular weight excluding hydrogens is 442 g/mol. The minimum absolute atomic E-state index is 0.0128. The van der Waals surface area contributed by atoms with E-state index in [1.165, 1.54) is 0 Å². The van der Waals surface area contributed by atoms with Crippen LogP contribution in [0.2, 0.25) is 0 Å². The maximum absolute atomic E-state index is 12.6. The number of ether oxygens (including phenoxy) is 1. The molecule has 9 heteroatoms. The summed E-state index contributed by atoms with van der Waals surface area (Å²) in [7, 11) is 5.05. The zero-order valence-electron chi connectivity index (χ0n) is 20.4. The Bertz CT molecular complexity index is 1250. The van der Waals surface area contributed by atoms with Crippen LogP contribution in [0.5, 0.6) is 5.88 Å². The van der Waals surface area contributed by atoms with E-state index in [-0.39, 0.29) is 18.4 Å². The van der Waals surface area contributed by atoms with Crippen LogP contribution in [0.25, 0.3) is 0 Å². The van der Waals surface area contributed by atoms with E-state index in [1.807, 2.05) is 31.2 Å². The Morgan fingerprint density at radius 3 is 2.77 bits per heavy atom. The molecule has 1 aliphatic heterocycles. The van der Waals surface area contributed by atoms with E-state index in [2.05, 4.69) is 31.2 Å². The van der Waals surface area contributed by atoms with Gasteiger partial charge in [-0.3, -0.25) is 4.79 Å². The number of nitrogens with one attached hydrogen (secondary N) is 1. The Kier molecular flexibility index (Phi) is 7.11. The normalized spacial score (nSPS) is 13.4. The van der Waals surface area contributed by atoms with Gasteiger partial charge in [-0.25, -0.2) is 15.0 Å². The maximum Gasteiger partial charge on any atom is 0.224 e. The van der Waals surface area contributed by atoms with Gasteiger partial charge in [-0.2, -0.15) is 5.26 Å². The number of pyridine rings is 1. The molecule has 0 saturated carbocycles. The second-order valence-electron chi connectivity index (χ2n) is 8.77. The molecule has 1 aromatic carbocycles. The van der Waals surface area contributed by atoms with E-state index in [0.29, 0.717) is 23.8 Å². The van der Waals surface area contributed by atoms with Crippen LogP contribution in [0.15, 0.2) is 42.9 Å². The first-order valence-electron chi connectivity index (χ1n) is 11.4. The summed E-state index contributed by atoms with van der Waals surface area (Å²) in [5, 5.41) is 13.2. The Labute approximate surface area is 205 Å². The van der Waals surface area contributed by atoms with Crippen molar-refractivity contribution in [2.75, 3.05) is 38.0 Å². The third-order valence-corrected chi connectivity index (χ3v) is 6.17. The fourth-order valence-corrected chi connectivity index (χ4v) is 4.18. The van der Waals surface area contributed by atoms with Crippen molar-refractivity contribution in [3.8, 4) is 11.9 Å². The largest absolute Gasteiger partial charge is 0.481 e. The lowest BCUT2D eigenvalue weighted by Crippen LogP contribution is -2.33. The lowest BCUT2D eigenvalue weighted by atomic mass is 10.0. The number of methoxy groups -OCH3 is 1. The van der Waals surface area contributed by atoms with Crippen LogP contribution in [0.3, 0.4) is 0 Å². The molecule has 0 radical (unpaired) electrons. The molecule has 1 amide bonds. The molecule has 1 N–H and O–H groups in total. The van der Waals surface area contributed by atoms with Crippen molar-refractivity contribution in [3.63, 3.8) is 0 Å². The fraction of sp³-hybridized carbons (Fsp3) is 0.346. The fourth-order valence-electron chi connectivity index (χ4n) is 4.18. The van der Waals surface area contributed by atoms with Crippen LogP contribution in [0, 0.1) is 18.3 Å². The summed E-state index contributed by atoms with van der Waals surface area (Å²) < 4.78 is 5.19. The molecule has 3 aromatic rings. The minimum atomic E-state index is -0.341. The zero-order chi connectivity index (χ0) is 24.9. The van der Waals surface area contributed by atoms with Crippen LogP contribution in [0.4, 0.5) is 11.5 Å². The number of anilines is 2. The third kappa shape index (κ3) is 5.32. The maximum atomic E-state index is 12.6. The van der Waals surface area contributed by atoms with Gasteiger partial charge in [0.05, 0.1) is 36.5 Å². The van der Waals surface area contributed by atoms with Crippen molar-refractivity contribution in [3.05, 3.63) is 70.8 Å². The van der Waals surface area contributed by atoms with Gasteiger partial charge in [-0.15, -0.1) is 0 Å². The van der Waals surface area contributed by atoms with Crippen LogP contribution < -0.4 is 15.0 Å².